The zero-order chi connectivity index (χ0) is 11.0. The van der Waals surface area contributed by atoms with E-state index in [0.717, 1.165) is 4.31 Å². The third kappa shape index (κ3) is 2.42. The standard InChI is InChI=1S/C8H15F2NO2S/c1-7(2)14(12,13)11-5-3-4-8(9,10)6-11/h7H,3-6H2,1-2H3. The number of rotatable bonds is 2. The molecule has 0 unspecified atom stereocenters. The molecule has 0 aromatic heterocycles. The van der Waals surface area contributed by atoms with E-state index in [1.54, 1.807) is 0 Å². The molecule has 0 aliphatic carbocycles. The Kier molecular flexibility index (Phi) is 3.16. The third-order valence-corrected chi connectivity index (χ3v) is 4.54. The predicted molar refractivity (Wildman–Crippen MR) is 49.8 cm³/mol. The molecule has 0 aromatic carbocycles. The monoisotopic (exact) mass is 227 g/mol. The maximum atomic E-state index is 12.9. The van der Waals surface area contributed by atoms with Crippen molar-refractivity contribution >= 4 is 10.0 Å². The summed E-state index contributed by atoms with van der Waals surface area (Å²) in [5.74, 6) is -2.86. The van der Waals surface area contributed by atoms with Gasteiger partial charge in [-0.1, -0.05) is 0 Å². The van der Waals surface area contributed by atoms with Crippen molar-refractivity contribution in [1.82, 2.24) is 4.31 Å². The Morgan fingerprint density at radius 2 is 1.93 bits per heavy atom. The van der Waals surface area contributed by atoms with Crippen molar-refractivity contribution in [2.24, 2.45) is 0 Å². The maximum Gasteiger partial charge on any atom is 0.261 e. The molecule has 84 valence electrons. The second-order valence-corrected chi connectivity index (χ2v) is 6.38. The summed E-state index contributed by atoms with van der Waals surface area (Å²) in [4.78, 5) is 0. The SMILES string of the molecule is CC(C)S(=O)(=O)N1CCCC(F)(F)C1. The van der Waals surface area contributed by atoms with Crippen LogP contribution in [-0.4, -0.2) is 37.0 Å². The third-order valence-electron chi connectivity index (χ3n) is 2.31. The van der Waals surface area contributed by atoms with Crippen LogP contribution in [0.15, 0.2) is 0 Å². The van der Waals surface area contributed by atoms with Crippen LogP contribution in [0.2, 0.25) is 0 Å². The number of nitrogens with zero attached hydrogens (tertiary/aromatic N) is 1. The van der Waals surface area contributed by atoms with Crippen LogP contribution in [0.4, 0.5) is 8.78 Å². The van der Waals surface area contributed by atoms with Gasteiger partial charge in [-0.2, -0.15) is 4.31 Å². The fourth-order valence-corrected chi connectivity index (χ4v) is 2.79. The minimum atomic E-state index is -3.52. The van der Waals surface area contributed by atoms with Crippen LogP contribution >= 0.6 is 0 Å². The van der Waals surface area contributed by atoms with Crippen molar-refractivity contribution in [1.29, 1.82) is 0 Å². The first kappa shape index (κ1) is 11.8. The summed E-state index contributed by atoms with van der Waals surface area (Å²) >= 11 is 0. The summed E-state index contributed by atoms with van der Waals surface area (Å²) in [6.07, 6.45) is 0.0239. The molecule has 0 bridgehead atoms. The van der Waals surface area contributed by atoms with E-state index in [0.29, 0.717) is 0 Å². The molecule has 0 saturated carbocycles. The van der Waals surface area contributed by atoms with E-state index in [1.807, 2.05) is 0 Å². The van der Waals surface area contributed by atoms with Crippen LogP contribution < -0.4 is 0 Å². The largest absolute Gasteiger partial charge is 0.261 e. The molecule has 0 atom stereocenters. The highest BCUT2D eigenvalue weighted by atomic mass is 32.2. The van der Waals surface area contributed by atoms with Crippen LogP contribution in [0.5, 0.6) is 0 Å². The van der Waals surface area contributed by atoms with Gasteiger partial charge in [-0.15, -0.1) is 0 Å². The van der Waals surface area contributed by atoms with E-state index in [9.17, 15) is 17.2 Å². The number of piperidine rings is 1. The van der Waals surface area contributed by atoms with Crippen molar-refractivity contribution in [2.45, 2.75) is 37.9 Å². The minimum absolute atomic E-state index is 0.211. The average molecular weight is 227 g/mol. The van der Waals surface area contributed by atoms with Crippen LogP contribution in [0.25, 0.3) is 0 Å². The molecule has 1 rings (SSSR count). The maximum absolute atomic E-state index is 12.9. The van der Waals surface area contributed by atoms with E-state index < -0.39 is 27.7 Å². The van der Waals surface area contributed by atoms with E-state index in [1.165, 1.54) is 13.8 Å². The van der Waals surface area contributed by atoms with Gasteiger partial charge in [0.25, 0.3) is 5.92 Å². The fraction of sp³-hybridized carbons (Fsp3) is 1.00. The average Bonchev–Trinajstić information content (AvgIpc) is 2.02. The van der Waals surface area contributed by atoms with Crippen LogP contribution in [0.3, 0.4) is 0 Å². The lowest BCUT2D eigenvalue weighted by molar-refractivity contribution is -0.0435. The molecule has 1 saturated heterocycles. The van der Waals surface area contributed by atoms with Gasteiger partial charge in [0, 0.05) is 13.0 Å². The highest BCUT2D eigenvalue weighted by molar-refractivity contribution is 7.89. The smallest absolute Gasteiger partial charge is 0.212 e. The first-order valence-electron chi connectivity index (χ1n) is 4.62. The lowest BCUT2D eigenvalue weighted by atomic mass is 10.1. The van der Waals surface area contributed by atoms with Crippen molar-refractivity contribution in [3.8, 4) is 0 Å². The first-order valence-corrected chi connectivity index (χ1v) is 6.13. The second-order valence-electron chi connectivity index (χ2n) is 3.89. The normalized spacial score (nSPS) is 24.1. The number of halogens is 2. The second kappa shape index (κ2) is 3.73. The summed E-state index contributed by atoms with van der Waals surface area (Å²) in [5, 5.41) is -0.628. The summed E-state index contributed by atoms with van der Waals surface area (Å²) < 4.78 is 49.9. The molecule has 0 amide bonds. The molecule has 14 heavy (non-hydrogen) atoms. The van der Waals surface area contributed by atoms with E-state index in [4.69, 9.17) is 0 Å². The van der Waals surface area contributed by atoms with Gasteiger partial charge in [0.2, 0.25) is 10.0 Å². The number of hydrogen-bond acceptors (Lipinski definition) is 2. The Labute approximate surface area is 83.1 Å². The van der Waals surface area contributed by atoms with Gasteiger partial charge in [-0.25, -0.2) is 17.2 Å². The predicted octanol–water partition coefficient (Wildman–Crippen LogP) is 1.46. The molecular formula is C8H15F2NO2S. The van der Waals surface area contributed by atoms with Gasteiger partial charge in [0.05, 0.1) is 11.8 Å². The first-order chi connectivity index (χ1) is 6.26. The fourth-order valence-electron chi connectivity index (χ4n) is 1.45. The molecule has 1 aliphatic rings. The van der Waals surface area contributed by atoms with Gasteiger partial charge in [0.1, 0.15) is 0 Å². The molecule has 0 radical (unpaired) electrons. The Morgan fingerprint density at radius 1 is 1.36 bits per heavy atom. The number of sulfonamides is 1. The highest BCUT2D eigenvalue weighted by Crippen LogP contribution is 2.28. The van der Waals surface area contributed by atoms with Gasteiger partial charge < -0.3 is 0 Å². The quantitative estimate of drug-likeness (QED) is 0.716. The van der Waals surface area contributed by atoms with Crippen molar-refractivity contribution < 1.29 is 17.2 Å². The summed E-state index contributed by atoms with van der Waals surface area (Å²) in [7, 11) is -3.52. The zero-order valence-corrected chi connectivity index (χ0v) is 9.15. The molecule has 1 heterocycles. The van der Waals surface area contributed by atoms with E-state index in [2.05, 4.69) is 0 Å². The highest BCUT2D eigenvalue weighted by Gasteiger charge is 2.40. The Balaban J connectivity index is 2.80. The van der Waals surface area contributed by atoms with Crippen molar-refractivity contribution in [2.75, 3.05) is 13.1 Å². The molecule has 6 heteroatoms. The topological polar surface area (TPSA) is 37.4 Å². The zero-order valence-electron chi connectivity index (χ0n) is 8.33. The van der Waals surface area contributed by atoms with Crippen molar-refractivity contribution in [3.05, 3.63) is 0 Å². The Morgan fingerprint density at radius 3 is 2.36 bits per heavy atom. The molecule has 0 N–H and O–H groups in total. The van der Waals surface area contributed by atoms with E-state index >= 15 is 0 Å². The number of hydrogen-bond donors (Lipinski definition) is 0. The van der Waals surface area contributed by atoms with Gasteiger partial charge in [-0.3, -0.25) is 0 Å². The molecule has 0 aromatic rings. The summed E-state index contributed by atoms with van der Waals surface area (Å²) in [6, 6.07) is 0. The van der Waals surface area contributed by atoms with Crippen LogP contribution in [0.1, 0.15) is 26.7 Å². The molecule has 1 fully saturated rings. The van der Waals surface area contributed by atoms with Crippen LogP contribution in [-0.2, 0) is 10.0 Å². The van der Waals surface area contributed by atoms with E-state index in [-0.39, 0.29) is 19.4 Å². The number of alkyl halides is 2. The minimum Gasteiger partial charge on any atom is -0.212 e. The molecule has 3 nitrogen and oxygen atoms in total. The molecular weight excluding hydrogens is 212 g/mol. The van der Waals surface area contributed by atoms with Gasteiger partial charge in [0.15, 0.2) is 0 Å². The van der Waals surface area contributed by atoms with Crippen molar-refractivity contribution in [3.63, 3.8) is 0 Å². The molecule has 0 spiro atoms. The Bertz CT molecular complexity index is 300. The Hall–Kier alpha value is -0.230. The van der Waals surface area contributed by atoms with Crippen LogP contribution in [0, 0.1) is 0 Å². The molecule has 1 aliphatic heterocycles. The lowest BCUT2D eigenvalue weighted by Crippen LogP contribution is -2.47. The van der Waals surface area contributed by atoms with Gasteiger partial charge >= 0.3 is 0 Å². The summed E-state index contributed by atoms with van der Waals surface area (Å²) in [6.45, 7) is 2.56. The van der Waals surface area contributed by atoms with Gasteiger partial charge in [-0.05, 0) is 20.3 Å². The lowest BCUT2D eigenvalue weighted by Gasteiger charge is -2.32. The summed E-state index contributed by atoms with van der Waals surface area (Å²) in [5.41, 5.74) is 0.